The second-order valence-electron chi connectivity index (χ2n) is 6.70. The van der Waals surface area contributed by atoms with Crippen LogP contribution in [0.2, 0.25) is 5.02 Å². The number of hydrogen-bond acceptors (Lipinski definition) is 3. The highest BCUT2D eigenvalue weighted by atomic mass is 35.5. The summed E-state index contributed by atoms with van der Waals surface area (Å²) in [4.78, 5) is 35.1. The van der Waals surface area contributed by atoms with Crippen LogP contribution in [0.1, 0.15) is 50.1 Å². The van der Waals surface area contributed by atoms with Gasteiger partial charge < -0.3 is 10.6 Å². The Hall–Kier alpha value is -2.08. The van der Waals surface area contributed by atoms with Crippen LogP contribution in [-0.4, -0.2) is 23.9 Å². The number of imide groups is 1. The van der Waals surface area contributed by atoms with E-state index in [-0.39, 0.29) is 30.7 Å². The molecular weight excluding hydrogens is 342 g/mol. The zero-order chi connectivity index (χ0) is 17.8. The average Bonchev–Trinajstić information content (AvgIpc) is 3.20. The fraction of sp³-hybridized carbons (Fsp3) is 0.500. The van der Waals surface area contributed by atoms with Crippen LogP contribution in [0.15, 0.2) is 24.3 Å². The third kappa shape index (κ3) is 4.51. The van der Waals surface area contributed by atoms with Gasteiger partial charge in [0.1, 0.15) is 6.04 Å². The molecule has 3 rings (SSSR count). The number of halogens is 1. The summed E-state index contributed by atoms with van der Waals surface area (Å²) >= 11 is 6.11. The molecule has 0 spiro atoms. The minimum Gasteiger partial charge on any atom is -0.349 e. The Morgan fingerprint density at radius 3 is 2.68 bits per heavy atom. The second kappa shape index (κ2) is 7.87. The second-order valence-corrected chi connectivity index (χ2v) is 7.14. The lowest BCUT2D eigenvalue weighted by atomic mass is 9.91. The molecule has 0 radical (unpaired) electrons. The summed E-state index contributed by atoms with van der Waals surface area (Å²) < 4.78 is 0. The van der Waals surface area contributed by atoms with Crippen LogP contribution in [0.3, 0.4) is 0 Å². The van der Waals surface area contributed by atoms with Gasteiger partial charge in [0.05, 0.1) is 6.04 Å². The quantitative estimate of drug-likeness (QED) is 0.679. The Kier molecular flexibility index (Phi) is 5.58. The number of nitrogens with one attached hydrogen (secondary N) is 3. The van der Waals surface area contributed by atoms with E-state index in [0.29, 0.717) is 10.9 Å². The smallest absolute Gasteiger partial charge is 0.322 e. The first-order chi connectivity index (χ1) is 12.0. The molecule has 1 heterocycles. The van der Waals surface area contributed by atoms with Gasteiger partial charge >= 0.3 is 6.03 Å². The minimum atomic E-state index is -0.630. The molecular formula is C18H22ClN3O3. The van der Waals surface area contributed by atoms with Crippen molar-refractivity contribution in [1.29, 1.82) is 0 Å². The van der Waals surface area contributed by atoms with E-state index in [1.165, 1.54) is 12.8 Å². The molecule has 25 heavy (non-hydrogen) atoms. The Labute approximate surface area is 151 Å². The van der Waals surface area contributed by atoms with Crippen molar-refractivity contribution in [2.45, 2.75) is 50.6 Å². The third-order valence-electron chi connectivity index (χ3n) is 4.91. The SMILES string of the molecule is O=C(CCC1NC(=O)NC1=O)NC(c1cccc(Cl)c1)C1CCCC1. The Balaban J connectivity index is 1.62. The maximum atomic E-state index is 12.4. The molecule has 1 aliphatic carbocycles. The van der Waals surface area contributed by atoms with Crippen LogP contribution in [0.5, 0.6) is 0 Å². The van der Waals surface area contributed by atoms with E-state index in [1.807, 2.05) is 24.3 Å². The lowest BCUT2D eigenvalue weighted by molar-refractivity contribution is -0.123. The van der Waals surface area contributed by atoms with Crippen LogP contribution in [-0.2, 0) is 9.59 Å². The van der Waals surface area contributed by atoms with Crippen molar-refractivity contribution < 1.29 is 14.4 Å². The number of carbonyl (C=O) groups excluding carboxylic acids is 3. The van der Waals surface area contributed by atoms with E-state index < -0.39 is 12.1 Å². The van der Waals surface area contributed by atoms with Crippen LogP contribution < -0.4 is 16.0 Å². The molecule has 134 valence electrons. The van der Waals surface area contributed by atoms with Gasteiger partial charge in [-0.15, -0.1) is 0 Å². The lowest BCUT2D eigenvalue weighted by Crippen LogP contribution is -2.35. The molecule has 6 nitrogen and oxygen atoms in total. The largest absolute Gasteiger partial charge is 0.349 e. The van der Waals surface area contributed by atoms with Crippen molar-refractivity contribution >= 4 is 29.4 Å². The highest BCUT2D eigenvalue weighted by molar-refractivity contribution is 6.30. The summed E-state index contributed by atoms with van der Waals surface area (Å²) in [5, 5.41) is 8.45. The van der Waals surface area contributed by atoms with Crippen molar-refractivity contribution in [3.8, 4) is 0 Å². The number of urea groups is 1. The first-order valence-corrected chi connectivity index (χ1v) is 9.07. The highest BCUT2D eigenvalue weighted by Gasteiger charge is 2.31. The fourth-order valence-corrected chi connectivity index (χ4v) is 3.85. The maximum Gasteiger partial charge on any atom is 0.322 e. The number of hydrogen-bond donors (Lipinski definition) is 3. The summed E-state index contributed by atoms with van der Waals surface area (Å²) in [6, 6.07) is 6.40. The van der Waals surface area contributed by atoms with Crippen LogP contribution >= 0.6 is 11.6 Å². The van der Waals surface area contributed by atoms with Gasteiger partial charge in [-0.1, -0.05) is 36.6 Å². The standard InChI is InChI=1S/C18H22ClN3O3/c19-13-7-3-6-12(10-13)16(11-4-1-2-5-11)21-15(23)9-8-14-17(24)22-18(25)20-14/h3,6-7,10-11,14,16H,1-2,4-5,8-9H2,(H,21,23)(H2,20,22,24,25). The molecule has 7 heteroatoms. The van der Waals surface area contributed by atoms with E-state index in [9.17, 15) is 14.4 Å². The number of carbonyl (C=O) groups is 3. The van der Waals surface area contributed by atoms with E-state index in [2.05, 4.69) is 16.0 Å². The number of amides is 4. The summed E-state index contributed by atoms with van der Waals surface area (Å²) in [5.41, 5.74) is 1.01. The van der Waals surface area contributed by atoms with Gasteiger partial charge in [0, 0.05) is 11.4 Å². The molecule has 1 aliphatic heterocycles. The minimum absolute atomic E-state index is 0.0688. The van der Waals surface area contributed by atoms with E-state index in [1.54, 1.807) is 0 Å². The summed E-state index contributed by atoms with van der Waals surface area (Å²) in [5.74, 6) is -0.0947. The van der Waals surface area contributed by atoms with E-state index in [4.69, 9.17) is 11.6 Å². The Morgan fingerprint density at radius 1 is 1.28 bits per heavy atom. The van der Waals surface area contributed by atoms with Crippen LogP contribution in [0, 0.1) is 5.92 Å². The molecule has 2 fully saturated rings. The molecule has 1 saturated carbocycles. The molecule has 0 bridgehead atoms. The Bertz CT molecular complexity index is 673. The van der Waals surface area contributed by atoms with Gasteiger partial charge in [-0.2, -0.15) is 0 Å². The van der Waals surface area contributed by atoms with Crippen LogP contribution in [0.25, 0.3) is 0 Å². The van der Waals surface area contributed by atoms with E-state index >= 15 is 0 Å². The summed E-state index contributed by atoms with van der Waals surface area (Å²) in [6.07, 6.45) is 4.98. The predicted molar refractivity (Wildman–Crippen MR) is 94.0 cm³/mol. The van der Waals surface area contributed by atoms with Crippen molar-refractivity contribution in [1.82, 2.24) is 16.0 Å². The van der Waals surface area contributed by atoms with Gasteiger partial charge in [-0.25, -0.2) is 4.79 Å². The van der Waals surface area contributed by atoms with Crippen molar-refractivity contribution in [3.63, 3.8) is 0 Å². The number of benzene rings is 1. The molecule has 2 aliphatic rings. The molecule has 1 saturated heterocycles. The van der Waals surface area contributed by atoms with Crippen molar-refractivity contribution in [2.24, 2.45) is 5.92 Å². The molecule has 2 unspecified atom stereocenters. The highest BCUT2D eigenvalue weighted by Crippen LogP contribution is 2.36. The zero-order valence-electron chi connectivity index (χ0n) is 13.9. The summed E-state index contributed by atoms with van der Waals surface area (Å²) in [7, 11) is 0. The van der Waals surface area contributed by atoms with Gasteiger partial charge in [0.15, 0.2) is 0 Å². The first-order valence-electron chi connectivity index (χ1n) is 8.69. The Morgan fingerprint density at radius 2 is 2.04 bits per heavy atom. The molecule has 0 aromatic heterocycles. The first kappa shape index (κ1) is 17.7. The van der Waals surface area contributed by atoms with Crippen molar-refractivity contribution in [3.05, 3.63) is 34.9 Å². The van der Waals surface area contributed by atoms with E-state index in [0.717, 1.165) is 18.4 Å². The molecule has 3 N–H and O–H groups in total. The van der Waals surface area contributed by atoms with Gasteiger partial charge in [-0.3, -0.25) is 14.9 Å². The van der Waals surface area contributed by atoms with Crippen molar-refractivity contribution in [2.75, 3.05) is 0 Å². The fourth-order valence-electron chi connectivity index (χ4n) is 3.65. The van der Waals surface area contributed by atoms with Gasteiger partial charge in [-0.05, 0) is 42.9 Å². The maximum absolute atomic E-state index is 12.4. The third-order valence-corrected chi connectivity index (χ3v) is 5.15. The zero-order valence-corrected chi connectivity index (χ0v) is 14.6. The monoisotopic (exact) mass is 363 g/mol. The molecule has 2 atom stereocenters. The molecule has 1 aromatic carbocycles. The number of rotatable bonds is 6. The van der Waals surface area contributed by atoms with Crippen LogP contribution in [0.4, 0.5) is 4.79 Å². The normalized spacial score (nSPS) is 21.7. The van der Waals surface area contributed by atoms with Gasteiger partial charge in [0.2, 0.25) is 5.91 Å². The topological polar surface area (TPSA) is 87.3 Å². The summed E-state index contributed by atoms with van der Waals surface area (Å²) in [6.45, 7) is 0. The average molecular weight is 364 g/mol. The lowest BCUT2D eigenvalue weighted by Gasteiger charge is -2.25. The molecule has 4 amide bonds. The predicted octanol–water partition coefficient (Wildman–Crippen LogP) is 2.68. The molecule has 1 aromatic rings. The van der Waals surface area contributed by atoms with Gasteiger partial charge in [0.25, 0.3) is 5.91 Å².